The van der Waals surface area contributed by atoms with Gasteiger partial charge in [0.15, 0.2) is 6.10 Å². The number of rotatable bonds is 61. The molecule has 0 aromatic heterocycles. The summed E-state index contributed by atoms with van der Waals surface area (Å²) in [6, 6.07) is 0. The summed E-state index contributed by atoms with van der Waals surface area (Å²) in [4.78, 5) is 38.4. The number of carbonyl (C=O) groups excluding carboxylic acids is 3. The minimum absolute atomic E-state index is 0.0999. The fourth-order valence-corrected chi connectivity index (χ4v) is 9.30. The zero-order valence-electron chi connectivity index (χ0n) is 53.5. The predicted molar refractivity (Wildman–Crippen MR) is 357 cm³/mol. The van der Waals surface area contributed by atoms with E-state index in [1.165, 1.54) is 148 Å². The molecule has 0 aliphatic carbocycles. The van der Waals surface area contributed by atoms with Crippen LogP contribution < -0.4 is 0 Å². The Morgan fingerprint density at radius 3 is 0.805 bits per heavy atom. The molecule has 0 fully saturated rings. The molecule has 0 aromatic rings. The van der Waals surface area contributed by atoms with E-state index in [0.717, 1.165) is 116 Å². The Morgan fingerprint density at radius 2 is 0.488 bits per heavy atom. The number of ether oxygens (including phenoxy) is 3. The first-order valence-corrected chi connectivity index (χ1v) is 34.2. The molecular weight excluding hydrogens is 1010 g/mol. The van der Waals surface area contributed by atoms with Crippen LogP contribution in [0.25, 0.3) is 0 Å². The van der Waals surface area contributed by atoms with Gasteiger partial charge in [0.2, 0.25) is 0 Å². The van der Waals surface area contributed by atoms with Gasteiger partial charge in [0.1, 0.15) is 13.2 Å². The van der Waals surface area contributed by atoms with Crippen molar-refractivity contribution in [2.75, 3.05) is 13.2 Å². The highest BCUT2D eigenvalue weighted by atomic mass is 16.6. The lowest BCUT2D eigenvalue weighted by Gasteiger charge is -2.18. The van der Waals surface area contributed by atoms with E-state index in [0.29, 0.717) is 19.3 Å². The van der Waals surface area contributed by atoms with Crippen molar-refractivity contribution in [1.29, 1.82) is 0 Å². The lowest BCUT2D eigenvalue weighted by atomic mass is 10.0. The van der Waals surface area contributed by atoms with Gasteiger partial charge >= 0.3 is 17.9 Å². The number of esters is 3. The number of hydrogen-bond acceptors (Lipinski definition) is 6. The van der Waals surface area contributed by atoms with Crippen LogP contribution in [0.4, 0.5) is 0 Å². The molecule has 466 valence electrons. The van der Waals surface area contributed by atoms with Crippen molar-refractivity contribution >= 4 is 17.9 Å². The van der Waals surface area contributed by atoms with Gasteiger partial charge in [0.25, 0.3) is 0 Å². The van der Waals surface area contributed by atoms with Gasteiger partial charge in [-0.3, -0.25) is 14.4 Å². The summed E-state index contributed by atoms with van der Waals surface area (Å²) in [7, 11) is 0. The Bertz CT molecular complexity index is 1730. The Balaban J connectivity index is 4.47. The van der Waals surface area contributed by atoms with Crippen LogP contribution >= 0.6 is 0 Å². The predicted octanol–water partition coefficient (Wildman–Crippen LogP) is 23.7. The maximum atomic E-state index is 12.9. The number of hydrogen-bond donors (Lipinski definition) is 0. The first-order chi connectivity index (χ1) is 40.5. The minimum Gasteiger partial charge on any atom is -0.462 e. The first kappa shape index (κ1) is 77.5. The highest BCUT2D eigenvalue weighted by Gasteiger charge is 2.19. The summed E-state index contributed by atoms with van der Waals surface area (Å²) in [6.45, 7) is 6.48. The average molecular weight is 1140 g/mol. The average Bonchev–Trinajstić information content (AvgIpc) is 3.47. The number of allylic oxidation sites excluding steroid dienone is 22. The molecule has 0 saturated heterocycles. The van der Waals surface area contributed by atoms with E-state index in [1.807, 2.05) is 0 Å². The Labute approximate surface area is 506 Å². The third-order valence-electron chi connectivity index (χ3n) is 14.4. The van der Waals surface area contributed by atoms with Gasteiger partial charge in [-0.25, -0.2) is 0 Å². The monoisotopic (exact) mass is 1130 g/mol. The summed E-state index contributed by atoms with van der Waals surface area (Å²) in [5.41, 5.74) is 0. The molecule has 0 aromatic carbocycles. The van der Waals surface area contributed by atoms with Crippen molar-refractivity contribution in [1.82, 2.24) is 0 Å². The largest absolute Gasteiger partial charge is 0.462 e. The van der Waals surface area contributed by atoms with Crippen LogP contribution in [0.3, 0.4) is 0 Å². The van der Waals surface area contributed by atoms with Crippen LogP contribution in [-0.2, 0) is 28.6 Å². The molecule has 6 nitrogen and oxygen atoms in total. The summed E-state index contributed by atoms with van der Waals surface area (Å²) in [5.74, 6) is -0.962. The molecule has 0 amide bonds. The van der Waals surface area contributed by atoms with Gasteiger partial charge in [-0.1, -0.05) is 309 Å². The van der Waals surface area contributed by atoms with Crippen LogP contribution in [-0.4, -0.2) is 37.2 Å². The third-order valence-corrected chi connectivity index (χ3v) is 14.4. The second kappa shape index (κ2) is 69.0. The number of unbranched alkanes of at least 4 members (excludes halogenated alkanes) is 28. The van der Waals surface area contributed by atoms with Crippen molar-refractivity contribution in [3.8, 4) is 0 Å². The van der Waals surface area contributed by atoms with E-state index < -0.39 is 6.10 Å². The highest BCUT2D eigenvalue weighted by molar-refractivity contribution is 5.71. The van der Waals surface area contributed by atoms with Gasteiger partial charge in [-0.2, -0.15) is 0 Å². The van der Waals surface area contributed by atoms with Gasteiger partial charge in [-0.05, 0) is 116 Å². The van der Waals surface area contributed by atoms with Crippen molar-refractivity contribution in [3.63, 3.8) is 0 Å². The lowest BCUT2D eigenvalue weighted by molar-refractivity contribution is -0.167. The summed E-state index contributed by atoms with van der Waals surface area (Å²) < 4.78 is 16.9. The van der Waals surface area contributed by atoms with Crippen molar-refractivity contribution < 1.29 is 28.6 Å². The normalized spacial score (nSPS) is 13.0. The molecule has 0 radical (unpaired) electrons. The molecule has 0 N–H and O–H groups in total. The van der Waals surface area contributed by atoms with Gasteiger partial charge in [0, 0.05) is 19.3 Å². The molecule has 82 heavy (non-hydrogen) atoms. The maximum Gasteiger partial charge on any atom is 0.306 e. The Morgan fingerprint density at radius 1 is 0.256 bits per heavy atom. The summed E-state index contributed by atoms with van der Waals surface area (Å²) in [5, 5.41) is 0. The van der Waals surface area contributed by atoms with Crippen LogP contribution in [0, 0.1) is 0 Å². The van der Waals surface area contributed by atoms with Crippen LogP contribution in [0.5, 0.6) is 0 Å². The molecular formula is C76H126O6. The molecule has 0 bridgehead atoms. The van der Waals surface area contributed by atoms with Crippen molar-refractivity contribution in [2.24, 2.45) is 0 Å². The van der Waals surface area contributed by atoms with Gasteiger partial charge in [-0.15, -0.1) is 0 Å². The zero-order chi connectivity index (χ0) is 59.2. The van der Waals surface area contributed by atoms with Gasteiger partial charge in [0.05, 0.1) is 0 Å². The molecule has 0 heterocycles. The SMILES string of the molecule is CC/C=C\C/C=C\C/C=C\C/C=C\C/C=C\C/C=C\C/C=C\C/C=C\C/C=C\CCCC(=O)OCC(COC(=O)CCCCCCCCCCCCCCCCCCC)OC(=O)CCCCCCCCC/C=C\C/C=C\CCCCCC. The van der Waals surface area contributed by atoms with Crippen molar-refractivity contribution in [3.05, 3.63) is 134 Å². The number of carbonyl (C=O) groups is 3. The van der Waals surface area contributed by atoms with E-state index in [2.05, 4.69) is 154 Å². The highest BCUT2D eigenvalue weighted by Crippen LogP contribution is 2.16. The quantitative estimate of drug-likeness (QED) is 0.0261. The first-order valence-electron chi connectivity index (χ1n) is 34.2. The van der Waals surface area contributed by atoms with E-state index in [4.69, 9.17) is 14.2 Å². The minimum atomic E-state index is -0.810. The Hall–Kier alpha value is -4.45. The topological polar surface area (TPSA) is 78.9 Å². The molecule has 0 aliphatic heterocycles. The molecule has 0 saturated carbocycles. The van der Waals surface area contributed by atoms with Crippen LogP contribution in [0.2, 0.25) is 0 Å². The van der Waals surface area contributed by atoms with E-state index in [1.54, 1.807) is 0 Å². The molecule has 0 aliphatic rings. The second-order valence-electron chi connectivity index (χ2n) is 22.4. The van der Waals surface area contributed by atoms with E-state index in [-0.39, 0.29) is 37.5 Å². The molecule has 1 unspecified atom stereocenters. The smallest absolute Gasteiger partial charge is 0.306 e. The molecule has 0 spiro atoms. The van der Waals surface area contributed by atoms with Crippen LogP contribution in [0.1, 0.15) is 310 Å². The van der Waals surface area contributed by atoms with Crippen molar-refractivity contribution in [2.45, 2.75) is 316 Å². The Kier molecular flexibility index (Phi) is 65.3. The third kappa shape index (κ3) is 66.4. The second-order valence-corrected chi connectivity index (χ2v) is 22.4. The van der Waals surface area contributed by atoms with E-state index in [9.17, 15) is 14.4 Å². The zero-order valence-corrected chi connectivity index (χ0v) is 53.5. The fourth-order valence-electron chi connectivity index (χ4n) is 9.30. The molecule has 0 rings (SSSR count). The molecule has 6 heteroatoms. The van der Waals surface area contributed by atoms with E-state index >= 15 is 0 Å². The maximum absolute atomic E-state index is 12.9. The van der Waals surface area contributed by atoms with Gasteiger partial charge < -0.3 is 14.2 Å². The summed E-state index contributed by atoms with van der Waals surface area (Å²) in [6.07, 6.45) is 97.5. The lowest BCUT2D eigenvalue weighted by Crippen LogP contribution is -2.30. The fraction of sp³-hybridized carbons (Fsp3) is 0.671. The standard InChI is InChI=1S/C76H126O6/c1-4-7-10-13-16-19-22-25-28-31-33-34-35-36-37-38-39-40-41-42-43-46-48-51-54-57-60-63-66-69-75(78)81-72-73(71-80-74(77)68-65-62-59-56-53-50-47-44-30-27-24-21-18-15-12-9-6-3)82-76(79)70-67-64-61-58-55-52-49-45-32-29-26-23-20-17-14-11-8-5-2/h7,10,16,19-20,23,25,28-29,32-34,36-37,39-40,42-43,48,51,57,60,73H,4-6,8-9,11-15,17-18,21-22,24,26-27,30-31,35,38,41,44-47,49-50,52-56,58-59,61-72H2,1-3H3/b10-7-,19-16-,23-20-,28-25-,32-29-,34-33-,37-36-,40-39-,43-42-,51-48-,60-57-. The van der Waals surface area contributed by atoms with Crippen LogP contribution in [0.15, 0.2) is 134 Å². The summed E-state index contributed by atoms with van der Waals surface area (Å²) >= 11 is 0. The molecule has 1 atom stereocenters.